The molecule has 0 unspecified atom stereocenters. The van der Waals surface area contributed by atoms with Gasteiger partial charge in [-0.2, -0.15) is 0 Å². The highest BCUT2D eigenvalue weighted by Crippen LogP contribution is 2.55. The van der Waals surface area contributed by atoms with Crippen LogP contribution in [0.2, 0.25) is 0 Å². The molecule has 0 aromatic heterocycles. The van der Waals surface area contributed by atoms with Crippen molar-refractivity contribution in [3.63, 3.8) is 0 Å². The lowest BCUT2D eigenvalue weighted by molar-refractivity contribution is -0.142. The Morgan fingerprint density at radius 2 is 1.29 bits per heavy atom. The zero-order valence-corrected chi connectivity index (χ0v) is 33.6. The minimum Gasteiger partial charge on any atom is -1.00 e. The van der Waals surface area contributed by atoms with E-state index >= 15 is 0 Å². The van der Waals surface area contributed by atoms with Gasteiger partial charge in [-0.25, -0.2) is 0 Å². The summed E-state index contributed by atoms with van der Waals surface area (Å²) in [5.74, 6) is -2.19. The average Bonchev–Trinajstić information content (AvgIpc) is 3.17. The van der Waals surface area contributed by atoms with Gasteiger partial charge in [-0.15, -0.1) is 0 Å². The van der Waals surface area contributed by atoms with Crippen LogP contribution in [0.1, 0.15) is 32.1 Å². The monoisotopic (exact) mass is 834 g/mol. The molecule has 0 aliphatic rings. The van der Waals surface area contributed by atoms with Crippen molar-refractivity contribution in [1.29, 1.82) is 0 Å². The van der Waals surface area contributed by atoms with Crippen LogP contribution in [0.5, 0.6) is 0 Å². The van der Waals surface area contributed by atoms with Gasteiger partial charge in [0.2, 0.25) is 17.7 Å². The number of unbranched alkanes of at least 4 members (excludes halogenated alkanes) is 2. The number of hydrogen-bond donors (Lipinski definition) is 4. The van der Waals surface area contributed by atoms with E-state index in [4.69, 9.17) is 5.73 Å². The number of nitrogens with two attached hydrogens (primary N) is 1. The first-order valence-electron chi connectivity index (χ1n) is 16.7. The van der Waals surface area contributed by atoms with Gasteiger partial charge in [0.1, 0.15) is 41.8 Å². The van der Waals surface area contributed by atoms with Crippen LogP contribution in [-0.4, -0.2) is 86.7 Å². The summed E-state index contributed by atoms with van der Waals surface area (Å²) < 4.78 is 9.13. The molecular formula is C37H48BrN4O7PS2. The first-order valence-corrected chi connectivity index (χ1v) is 21.2. The van der Waals surface area contributed by atoms with Gasteiger partial charge < -0.3 is 48.1 Å². The number of rotatable bonds is 22. The van der Waals surface area contributed by atoms with E-state index in [2.05, 4.69) is 116 Å². The quantitative estimate of drug-likeness (QED) is 0.0458. The molecule has 15 heteroatoms. The van der Waals surface area contributed by atoms with Gasteiger partial charge in [0.15, 0.2) is 0 Å². The molecule has 52 heavy (non-hydrogen) atoms. The summed E-state index contributed by atoms with van der Waals surface area (Å²) in [4.78, 5) is 60.8. The van der Waals surface area contributed by atoms with Crippen molar-refractivity contribution in [2.45, 2.75) is 44.2 Å². The van der Waals surface area contributed by atoms with Crippen molar-refractivity contribution < 1.29 is 50.4 Å². The van der Waals surface area contributed by atoms with Crippen LogP contribution >= 0.6 is 28.9 Å². The molecule has 0 heterocycles. The summed E-state index contributed by atoms with van der Waals surface area (Å²) in [6.07, 6.45) is 3.76. The fraction of sp³-hybridized carbons (Fsp3) is 0.378. The molecule has 5 N–H and O–H groups in total. The number of carbonyl (C=O) groups excluding carboxylic acids is 5. The van der Waals surface area contributed by atoms with Crippen LogP contribution in [0.25, 0.3) is 0 Å². The number of amides is 3. The maximum absolute atomic E-state index is 12.7. The highest BCUT2D eigenvalue weighted by molar-refractivity contribution is 8.76. The van der Waals surface area contributed by atoms with Crippen LogP contribution in [0.3, 0.4) is 0 Å². The molecule has 3 aromatic carbocycles. The molecule has 282 valence electrons. The minimum absolute atomic E-state index is 0. The van der Waals surface area contributed by atoms with Crippen LogP contribution < -0.4 is 54.6 Å². The van der Waals surface area contributed by atoms with Gasteiger partial charge in [0.25, 0.3) is 0 Å². The summed E-state index contributed by atoms with van der Waals surface area (Å²) in [5.41, 5.74) is 5.70. The predicted molar refractivity (Wildman–Crippen MR) is 208 cm³/mol. The Labute approximate surface area is 325 Å². The smallest absolute Gasteiger partial charge is 0.325 e. The molecule has 3 rings (SSSR count). The maximum atomic E-state index is 12.7. The van der Waals surface area contributed by atoms with Crippen molar-refractivity contribution in [3.8, 4) is 0 Å². The summed E-state index contributed by atoms with van der Waals surface area (Å²) in [5, 5.41) is 12.1. The average molecular weight is 836 g/mol. The van der Waals surface area contributed by atoms with Crippen LogP contribution in [0.4, 0.5) is 0 Å². The van der Waals surface area contributed by atoms with E-state index < -0.39 is 43.1 Å². The van der Waals surface area contributed by atoms with Gasteiger partial charge in [-0.3, -0.25) is 24.0 Å². The second kappa shape index (κ2) is 24.8. The summed E-state index contributed by atoms with van der Waals surface area (Å²) in [6, 6.07) is 30.4. The third-order valence-corrected chi connectivity index (χ3v) is 14.9. The molecular weight excluding hydrogens is 787 g/mol. The lowest BCUT2D eigenvalue weighted by Gasteiger charge is -2.27. The van der Waals surface area contributed by atoms with E-state index in [1.54, 1.807) is 0 Å². The summed E-state index contributed by atoms with van der Waals surface area (Å²) >= 11 is 0. The number of esters is 2. The normalized spacial score (nSPS) is 12.0. The van der Waals surface area contributed by atoms with Gasteiger partial charge in [0.05, 0.1) is 26.1 Å². The van der Waals surface area contributed by atoms with Crippen LogP contribution in [-0.2, 0) is 33.4 Å². The molecule has 3 aromatic rings. The van der Waals surface area contributed by atoms with Gasteiger partial charge >= 0.3 is 11.9 Å². The Balaban J connectivity index is 0.00000936. The largest absolute Gasteiger partial charge is 1.00 e. The first kappa shape index (κ1) is 44.7. The zero-order chi connectivity index (χ0) is 36.9. The molecule has 11 nitrogen and oxygen atoms in total. The van der Waals surface area contributed by atoms with Crippen molar-refractivity contribution in [1.82, 2.24) is 16.0 Å². The Morgan fingerprint density at radius 1 is 0.731 bits per heavy atom. The second-order valence-electron chi connectivity index (χ2n) is 11.6. The van der Waals surface area contributed by atoms with Crippen LogP contribution in [0.15, 0.2) is 91.0 Å². The van der Waals surface area contributed by atoms with Crippen molar-refractivity contribution >= 4 is 74.4 Å². The third-order valence-electron chi connectivity index (χ3n) is 8.06. The number of benzene rings is 3. The van der Waals surface area contributed by atoms with Gasteiger partial charge in [-0.05, 0) is 62.1 Å². The molecule has 2 atom stereocenters. The summed E-state index contributed by atoms with van der Waals surface area (Å²) in [6.45, 7) is 0.197. The van der Waals surface area contributed by atoms with Crippen LogP contribution in [0, 0.1) is 0 Å². The molecule has 0 fully saturated rings. The Kier molecular flexibility index (Phi) is 21.3. The first-order chi connectivity index (χ1) is 24.7. The van der Waals surface area contributed by atoms with E-state index in [1.807, 2.05) is 0 Å². The number of nitrogens with one attached hydrogen (secondary N) is 3. The fourth-order valence-corrected chi connectivity index (χ4v) is 11.8. The molecule has 0 radical (unpaired) electrons. The number of carbonyl (C=O) groups is 5. The van der Waals surface area contributed by atoms with Gasteiger partial charge in [0, 0.05) is 18.7 Å². The topological polar surface area (TPSA) is 166 Å². The van der Waals surface area contributed by atoms with Crippen molar-refractivity contribution in [3.05, 3.63) is 91.0 Å². The van der Waals surface area contributed by atoms with E-state index in [0.29, 0.717) is 6.54 Å². The fourth-order valence-electron chi connectivity index (χ4n) is 5.38. The van der Waals surface area contributed by atoms with E-state index in [-0.39, 0.29) is 53.8 Å². The molecule has 0 bridgehead atoms. The van der Waals surface area contributed by atoms with Crippen molar-refractivity contribution in [2.75, 3.05) is 45.0 Å². The lowest BCUT2D eigenvalue weighted by atomic mass is 10.1. The highest BCUT2D eigenvalue weighted by atomic mass is 79.9. The second-order valence-corrected chi connectivity index (χ2v) is 17.7. The van der Waals surface area contributed by atoms with E-state index in [1.165, 1.54) is 51.7 Å². The highest BCUT2D eigenvalue weighted by Gasteiger charge is 2.44. The molecule has 0 saturated carbocycles. The Morgan fingerprint density at radius 3 is 1.81 bits per heavy atom. The van der Waals surface area contributed by atoms with E-state index in [0.717, 1.165) is 25.4 Å². The Bertz CT molecular complexity index is 1450. The standard InChI is InChI=1S/C37H47N4O7PS2.BrH/c1-47-35(44)25-40-36(45)32(41-33(42)22-21-31(38)37(46)48-2)26-50-51-27-34(43)39-23-13-6-14-24-49(28-15-7-3-8-16-28,29-17-9-4-10-18-29)30-19-11-5-12-20-30;/h3-5,7-12,15-20,31-32H,6,13-14,21-27,38H2,1-2H3,(H2-,39,40,41,42,43,45);1H/t31-,32-;/m0./s1. The van der Waals surface area contributed by atoms with E-state index in [9.17, 15) is 24.0 Å². The maximum Gasteiger partial charge on any atom is 0.325 e. The summed E-state index contributed by atoms with van der Waals surface area (Å²) in [7, 11) is 3.02. The number of hydrogen-bond acceptors (Lipinski definition) is 10. The molecule has 0 aliphatic carbocycles. The number of halogens is 1. The minimum atomic E-state index is -1.88. The predicted octanol–water partition coefficient (Wildman–Crippen LogP) is -0.293. The number of ether oxygens (including phenoxy) is 2. The Hall–Kier alpha value is -3.42. The SMILES string of the molecule is COC(=O)CNC(=O)[C@H](CSSCC(=O)NCCCCC[P+](c1ccccc1)(c1ccccc1)c1ccccc1)NC(=O)CC[C@H](N)C(=O)OC.[Br-]. The molecule has 0 spiro atoms. The molecule has 0 saturated heterocycles. The molecule has 3 amide bonds. The van der Waals surface area contributed by atoms with Gasteiger partial charge in [-0.1, -0.05) is 76.2 Å². The third kappa shape index (κ3) is 14.5. The zero-order valence-electron chi connectivity index (χ0n) is 29.5. The lowest BCUT2D eigenvalue weighted by Crippen LogP contribution is -3.00. The molecule has 0 aliphatic heterocycles. The number of methoxy groups -OCH3 is 2. The van der Waals surface area contributed by atoms with Crippen molar-refractivity contribution in [2.24, 2.45) is 5.73 Å².